The van der Waals surface area contributed by atoms with Crippen molar-refractivity contribution in [1.29, 1.82) is 0 Å². The molecule has 1 aliphatic rings. The molecule has 0 saturated heterocycles. The molecule has 7 nitrogen and oxygen atoms in total. The number of fused-ring (bicyclic) bond motifs is 2. The second-order valence-corrected chi connectivity index (χ2v) is 10.3. The van der Waals surface area contributed by atoms with Crippen molar-refractivity contribution in [2.75, 3.05) is 7.11 Å². The summed E-state index contributed by atoms with van der Waals surface area (Å²) >= 11 is 0. The van der Waals surface area contributed by atoms with Crippen LogP contribution in [-0.2, 0) is 21.5 Å². The van der Waals surface area contributed by atoms with Gasteiger partial charge < -0.3 is 18.4 Å². The summed E-state index contributed by atoms with van der Waals surface area (Å²) in [5.74, 6) is 0.438. The van der Waals surface area contributed by atoms with E-state index in [2.05, 4.69) is 0 Å². The van der Waals surface area contributed by atoms with E-state index in [-0.39, 0.29) is 29.4 Å². The third-order valence-corrected chi connectivity index (χ3v) is 6.42. The molecule has 0 unspecified atom stereocenters. The van der Waals surface area contributed by atoms with E-state index >= 15 is 0 Å². The summed E-state index contributed by atoms with van der Waals surface area (Å²) in [4.78, 5) is 12.9. The number of aryl methyl sites for hydroxylation is 1. The van der Waals surface area contributed by atoms with E-state index in [1.165, 1.54) is 21.0 Å². The van der Waals surface area contributed by atoms with Crippen LogP contribution in [0.4, 0.5) is 0 Å². The largest absolute Gasteiger partial charge is 0.495 e. The fourth-order valence-electron chi connectivity index (χ4n) is 3.15. The van der Waals surface area contributed by atoms with Crippen molar-refractivity contribution >= 4 is 22.2 Å². The van der Waals surface area contributed by atoms with Crippen LogP contribution in [-0.4, -0.2) is 26.7 Å². The number of carbonyl (C=O) groups excluding carboxylic acids is 1. The standard InChI is InChI=1S/C24H28O7S/c1-14(2)7-8-17-9-10-19-21(23(17)28-6)24(25)29-13-18-11-16(5)12-20(22(18)30-19)31-32(26,27)15(3)4/h7-12,14-15H,13H2,1-6H3. The number of methoxy groups -OCH3 is 1. The minimum absolute atomic E-state index is 0.0420. The average molecular weight is 461 g/mol. The third kappa shape index (κ3) is 4.91. The van der Waals surface area contributed by atoms with Gasteiger partial charge in [-0.15, -0.1) is 0 Å². The molecule has 0 aromatic heterocycles. The summed E-state index contributed by atoms with van der Waals surface area (Å²) in [5, 5.41) is -0.743. The molecule has 0 bridgehead atoms. The van der Waals surface area contributed by atoms with Crippen LogP contribution in [0.25, 0.3) is 6.08 Å². The van der Waals surface area contributed by atoms with E-state index in [9.17, 15) is 13.2 Å². The molecule has 0 N–H and O–H groups in total. The van der Waals surface area contributed by atoms with Crippen LogP contribution in [0.15, 0.2) is 30.3 Å². The molecule has 0 amide bonds. The van der Waals surface area contributed by atoms with Gasteiger partial charge in [-0.3, -0.25) is 0 Å². The molecule has 0 fully saturated rings. The van der Waals surface area contributed by atoms with Crippen LogP contribution >= 0.6 is 0 Å². The smallest absolute Gasteiger partial charge is 0.346 e. The first-order valence-electron chi connectivity index (χ1n) is 10.3. The normalized spacial score (nSPS) is 13.8. The predicted octanol–water partition coefficient (Wildman–Crippen LogP) is 5.25. The lowest BCUT2D eigenvalue weighted by Crippen LogP contribution is -2.21. The zero-order valence-electron chi connectivity index (χ0n) is 19.1. The summed E-state index contributed by atoms with van der Waals surface area (Å²) < 4.78 is 47.4. The number of hydrogen-bond donors (Lipinski definition) is 0. The Morgan fingerprint density at radius 1 is 1.12 bits per heavy atom. The van der Waals surface area contributed by atoms with Crippen LogP contribution in [0.1, 0.15) is 54.7 Å². The maximum absolute atomic E-state index is 12.9. The van der Waals surface area contributed by atoms with Crippen molar-refractivity contribution in [2.45, 2.75) is 46.5 Å². The number of benzene rings is 2. The highest BCUT2D eigenvalue weighted by atomic mass is 32.2. The van der Waals surface area contributed by atoms with Gasteiger partial charge in [0, 0.05) is 11.1 Å². The molecular formula is C24H28O7S. The molecule has 0 atom stereocenters. The molecule has 0 aliphatic carbocycles. The molecule has 3 rings (SSSR count). The SMILES string of the molecule is COc1c(C=CC(C)C)ccc2c1C(=O)OCc1cc(C)cc(OS(=O)(=O)C(C)C)c1O2. The molecular weight excluding hydrogens is 432 g/mol. The predicted molar refractivity (Wildman–Crippen MR) is 122 cm³/mol. The Balaban J connectivity index is 2.17. The second-order valence-electron chi connectivity index (χ2n) is 8.22. The molecule has 0 spiro atoms. The number of hydrogen-bond acceptors (Lipinski definition) is 7. The average Bonchev–Trinajstić information content (AvgIpc) is 2.70. The number of cyclic esters (lactones) is 1. The first-order valence-corrected chi connectivity index (χ1v) is 11.8. The van der Waals surface area contributed by atoms with Crippen molar-refractivity contribution in [2.24, 2.45) is 5.92 Å². The molecule has 172 valence electrons. The van der Waals surface area contributed by atoms with Gasteiger partial charge in [-0.25, -0.2) is 4.79 Å². The highest BCUT2D eigenvalue weighted by Gasteiger charge is 2.29. The molecule has 2 aromatic rings. The highest BCUT2D eigenvalue weighted by molar-refractivity contribution is 7.87. The van der Waals surface area contributed by atoms with Crippen molar-refractivity contribution in [3.8, 4) is 23.0 Å². The molecule has 1 heterocycles. The van der Waals surface area contributed by atoms with Gasteiger partial charge >= 0.3 is 16.1 Å². The first-order chi connectivity index (χ1) is 15.0. The lowest BCUT2D eigenvalue weighted by Gasteiger charge is -2.23. The highest BCUT2D eigenvalue weighted by Crippen LogP contribution is 2.43. The van der Waals surface area contributed by atoms with Crippen molar-refractivity contribution in [3.05, 3.63) is 52.6 Å². The number of esters is 1. The summed E-state index contributed by atoms with van der Waals surface area (Å²) in [7, 11) is -2.40. The summed E-state index contributed by atoms with van der Waals surface area (Å²) in [5.41, 5.74) is 2.07. The van der Waals surface area contributed by atoms with Gasteiger partial charge in [0.1, 0.15) is 23.7 Å². The van der Waals surface area contributed by atoms with E-state index in [0.29, 0.717) is 22.8 Å². The molecule has 1 aliphatic heterocycles. The van der Waals surface area contributed by atoms with Gasteiger partial charge in [0.2, 0.25) is 0 Å². The van der Waals surface area contributed by atoms with Crippen LogP contribution in [0.2, 0.25) is 0 Å². The van der Waals surface area contributed by atoms with Crippen LogP contribution in [0.3, 0.4) is 0 Å². The Hall–Kier alpha value is -3.00. The van der Waals surface area contributed by atoms with Gasteiger partial charge in [0.05, 0.1) is 12.4 Å². The van der Waals surface area contributed by atoms with Gasteiger partial charge in [0.25, 0.3) is 0 Å². The quantitative estimate of drug-likeness (QED) is 0.429. The summed E-state index contributed by atoms with van der Waals surface area (Å²) in [6.45, 7) is 8.83. The number of ether oxygens (including phenoxy) is 3. The Bertz CT molecular complexity index is 1160. The van der Waals surface area contributed by atoms with E-state index < -0.39 is 21.3 Å². The molecule has 8 heteroatoms. The van der Waals surface area contributed by atoms with E-state index in [0.717, 1.165) is 5.56 Å². The monoisotopic (exact) mass is 460 g/mol. The number of allylic oxidation sites excluding steroid dienone is 1. The zero-order valence-corrected chi connectivity index (χ0v) is 19.9. The van der Waals surface area contributed by atoms with E-state index in [1.54, 1.807) is 31.2 Å². The van der Waals surface area contributed by atoms with Crippen LogP contribution in [0.5, 0.6) is 23.0 Å². The molecule has 2 aromatic carbocycles. The molecule has 32 heavy (non-hydrogen) atoms. The minimum atomic E-state index is -3.87. The van der Waals surface area contributed by atoms with Crippen LogP contribution in [0, 0.1) is 12.8 Å². The Kier molecular flexibility index (Phi) is 6.83. The lowest BCUT2D eigenvalue weighted by molar-refractivity contribution is 0.0455. The number of carbonyl (C=O) groups is 1. The maximum atomic E-state index is 12.9. The third-order valence-electron chi connectivity index (χ3n) is 4.85. The first kappa shape index (κ1) is 23.7. The van der Waals surface area contributed by atoms with E-state index in [4.69, 9.17) is 18.4 Å². The van der Waals surface area contributed by atoms with Gasteiger partial charge in [-0.2, -0.15) is 8.42 Å². The van der Waals surface area contributed by atoms with Crippen molar-refractivity contribution < 1.29 is 31.6 Å². The molecule has 0 radical (unpaired) electrons. The van der Waals surface area contributed by atoms with E-state index in [1.807, 2.05) is 26.0 Å². The Labute approximate surface area is 189 Å². The van der Waals surface area contributed by atoms with Gasteiger partial charge in [-0.1, -0.05) is 26.0 Å². The topological polar surface area (TPSA) is 88.1 Å². The second kappa shape index (κ2) is 9.24. The maximum Gasteiger partial charge on any atom is 0.346 e. The Morgan fingerprint density at radius 2 is 1.84 bits per heavy atom. The van der Waals surface area contributed by atoms with Gasteiger partial charge in [-0.05, 0) is 56.5 Å². The fourth-order valence-corrected chi connectivity index (χ4v) is 3.72. The summed E-state index contributed by atoms with van der Waals surface area (Å²) in [6.07, 6.45) is 3.86. The minimum Gasteiger partial charge on any atom is -0.495 e. The Morgan fingerprint density at radius 3 is 2.47 bits per heavy atom. The number of rotatable bonds is 6. The van der Waals surface area contributed by atoms with Crippen LogP contribution < -0.4 is 13.7 Å². The zero-order chi connectivity index (χ0) is 23.6. The lowest BCUT2D eigenvalue weighted by atomic mass is 10.0. The van der Waals surface area contributed by atoms with Gasteiger partial charge in [0.15, 0.2) is 11.5 Å². The fraction of sp³-hybridized carbons (Fsp3) is 0.375. The molecule has 0 saturated carbocycles. The summed E-state index contributed by atoms with van der Waals surface area (Å²) in [6, 6.07) is 6.75. The van der Waals surface area contributed by atoms with Crippen molar-refractivity contribution in [3.63, 3.8) is 0 Å². The van der Waals surface area contributed by atoms with Crippen molar-refractivity contribution in [1.82, 2.24) is 0 Å².